The Labute approximate surface area is 103 Å². The van der Waals surface area contributed by atoms with Gasteiger partial charge in [-0.1, -0.05) is 61.9 Å². The molecule has 0 nitrogen and oxygen atoms in total. The molecule has 1 aliphatic carbocycles. The topological polar surface area (TPSA) is 0 Å². The minimum atomic E-state index is 1.18. The van der Waals surface area contributed by atoms with Crippen LogP contribution in [0.4, 0.5) is 0 Å². The Morgan fingerprint density at radius 3 is 2.47 bits per heavy atom. The van der Waals surface area contributed by atoms with Crippen molar-refractivity contribution in [2.75, 3.05) is 0 Å². The lowest BCUT2D eigenvalue weighted by Gasteiger charge is -2.05. The summed E-state index contributed by atoms with van der Waals surface area (Å²) >= 11 is 0. The molecule has 88 valence electrons. The molecule has 0 bridgehead atoms. The highest BCUT2D eigenvalue weighted by Gasteiger charge is 1.99. The summed E-state index contributed by atoms with van der Waals surface area (Å²) in [4.78, 5) is 0. The molecule has 0 heterocycles. The van der Waals surface area contributed by atoms with Crippen molar-refractivity contribution in [1.82, 2.24) is 0 Å². The molecular weight excluding hydrogens is 204 g/mol. The van der Waals surface area contributed by atoms with Gasteiger partial charge in [-0.15, -0.1) is 0 Å². The third kappa shape index (κ3) is 2.26. The summed E-state index contributed by atoms with van der Waals surface area (Å²) in [6.45, 7) is 6.15. The maximum atomic E-state index is 2.37. The first kappa shape index (κ1) is 11.9. The van der Waals surface area contributed by atoms with E-state index < -0.39 is 0 Å². The number of rotatable bonds is 0. The van der Waals surface area contributed by atoms with Crippen LogP contribution in [-0.2, 0) is 0 Å². The van der Waals surface area contributed by atoms with Crippen molar-refractivity contribution < 1.29 is 0 Å². The monoisotopic (exact) mass is 224 g/mol. The van der Waals surface area contributed by atoms with E-state index in [1.807, 2.05) is 13.8 Å². The van der Waals surface area contributed by atoms with E-state index in [-0.39, 0.29) is 0 Å². The number of aryl methyl sites for hydroxylation is 1. The largest absolute Gasteiger partial charge is 0.0763 e. The Bertz CT molecular complexity index is 633. The van der Waals surface area contributed by atoms with Gasteiger partial charge in [-0.3, -0.25) is 0 Å². The fourth-order valence-electron chi connectivity index (χ4n) is 2.36. The fraction of sp³-hybridized carbons (Fsp3) is 0.294. The Morgan fingerprint density at radius 1 is 0.882 bits per heavy atom. The number of hydrogen-bond donors (Lipinski definition) is 0. The van der Waals surface area contributed by atoms with Gasteiger partial charge in [0.05, 0.1) is 0 Å². The Hall–Kier alpha value is -1.56. The molecule has 17 heavy (non-hydrogen) atoms. The minimum absolute atomic E-state index is 1.18. The van der Waals surface area contributed by atoms with Gasteiger partial charge < -0.3 is 0 Å². The van der Waals surface area contributed by atoms with Crippen LogP contribution in [0, 0.1) is 6.92 Å². The third-order valence-corrected chi connectivity index (χ3v) is 3.13. The summed E-state index contributed by atoms with van der Waals surface area (Å²) < 4.78 is 0. The van der Waals surface area contributed by atoms with Crippen LogP contribution in [0.2, 0.25) is 0 Å². The van der Waals surface area contributed by atoms with Crippen LogP contribution < -0.4 is 10.4 Å². The second-order valence-electron chi connectivity index (χ2n) is 4.28. The van der Waals surface area contributed by atoms with Gasteiger partial charge in [-0.2, -0.15) is 0 Å². The molecule has 0 radical (unpaired) electrons. The lowest BCUT2D eigenvalue weighted by molar-refractivity contribution is 1.12. The summed E-state index contributed by atoms with van der Waals surface area (Å²) in [5.74, 6) is 0. The van der Waals surface area contributed by atoms with Crippen molar-refractivity contribution in [3.05, 3.63) is 46.3 Å². The molecule has 1 aliphatic rings. The predicted molar refractivity (Wildman–Crippen MR) is 77.4 cm³/mol. The van der Waals surface area contributed by atoms with Crippen LogP contribution in [-0.4, -0.2) is 0 Å². The summed E-state index contributed by atoms with van der Waals surface area (Å²) in [5.41, 5.74) is 1.34. The van der Waals surface area contributed by atoms with Gasteiger partial charge in [0, 0.05) is 0 Å². The van der Waals surface area contributed by atoms with Crippen molar-refractivity contribution in [2.24, 2.45) is 0 Å². The Kier molecular flexibility index (Phi) is 3.63. The zero-order valence-corrected chi connectivity index (χ0v) is 11.0. The molecule has 0 aromatic heterocycles. The molecule has 0 unspecified atom stereocenters. The van der Waals surface area contributed by atoms with E-state index in [0.717, 1.165) is 0 Å². The van der Waals surface area contributed by atoms with Gasteiger partial charge >= 0.3 is 0 Å². The van der Waals surface area contributed by atoms with Crippen molar-refractivity contribution in [3.8, 4) is 0 Å². The van der Waals surface area contributed by atoms with Crippen molar-refractivity contribution in [2.45, 2.75) is 33.6 Å². The molecule has 2 aromatic rings. The predicted octanol–water partition coefficient (Wildman–Crippen LogP) is 3.53. The maximum Gasteiger partial charge on any atom is -0.0109 e. The Morgan fingerprint density at radius 2 is 1.65 bits per heavy atom. The summed E-state index contributed by atoms with van der Waals surface area (Å²) in [7, 11) is 0. The van der Waals surface area contributed by atoms with Crippen LogP contribution in [0.1, 0.15) is 32.3 Å². The lowest BCUT2D eigenvalue weighted by atomic mass is 10.00. The van der Waals surface area contributed by atoms with E-state index in [1.54, 1.807) is 0 Å². The Balaban J connectivity index is 0.000000514. The van der Waals surface area contributed by atoms with Gasteiger partial charge in [-0.05, 0) is 41.0 Å². The number of fused-ring (bicyclic) bond motifs is 3. The van der Waals surface area contributed by atoms with Gasteiger partial charge in [-0.25, -0.2) is 0 Å². The summed E-state index contributed by atoms with van der Waals surface area (Å²) in [5, 5.41) is 5.59. The highest BCUT2D eigenvalue weighted by atomic mass is 14.0. The van der Waals surface area contributed by atoms with Gasteiger partial charge in [0.2, 0.25) is 0 Å². The highest BCUT2D eigenvalue weighted by molar-refractivity contribution is 5.84. The van der Waals surface area contributed by atoms with E-state index in [1.165, 1.54) is 39.6 Å². The summed E-state index contributed by atoms with van der Waals surface area (Å²) in [6, 6.07) is 11.2. The van der Waals surface area contributed by atoms with Crippen molar-refractivity contribution >= 4 is 22.9 Å². The normalized spacial score (nSPS) is 12.9. The standard InChI is InChI=1S/C15H14.C2H6/c1-11-6-9-15-13(10-11)8-7-12-4-2-3-5-14(12)15;1-2/h4-10H,2-3H2,1H3;1-2H3. The van der Waals surface area contributed by atoms with E-state index in [0.29, 0.717) is 0 Å². The van der Waals surface area contributed by atoms with Crippen LogP contribution in [0.3, 0.4) is 0 Å². The first-order valence-corrected chi connectivity index (χ1v) is 6.54. The molecule has 0 aliphatic heterocycles. The van der Waals surface area contributed by atoms with Gasteiger partial charge in [0.25, 0.3) is 0 Å². The van der Waals surface area contributed by atoms with Gasteiger partial charge in [0.15, 0.2) is 0 Å². The molecule has 0 saturated heterocycles. The number of hydrogen-bond acceptors (Lipinski definition) is 0. The van der Waals surface area contributed by atoms with E-state index in [4.69, 9.17) is 0 Å². The molecule has 0 heteroatoms. The van der Waals surface area contributed by atoms with E-state index in [9.17, 15) is 0 Å². The average Bonchev–Trinajstić information content (AvgIpc) is 2.40. The number of benzene rings is 2. The van der Waals surface area contributed by atoms with E-state index >= 15 is 0 Å². The second-order valence-corrected chi connectivity index (χ2v) is 4.28. The van der Waals surface area contributed by atoms with Crippen LogP contribution in [0.15, 0.2) is 30.3 Å². The van der Waals surface area contributed by atoms with Crippen LogP contribution >= 0.6 is 0 Å². The smallest absolute Gasteiger partial charge is 0.0109 e. The molecule has 0 N–H and O–H groups in total. The first-order valence-electron chi connectivity index (χ1n) is 6.54. The fourth-order valence-corrected chi connectivity index (χ4v) is 2.36. The molecular formula is C17H20. The molecule has 0 fully saturated rings. The first-order chi connectivity index (χ1) is 8.34. The molecule has 2 aromatic carbocycles. The molecule has 0 amide bonds. The molecule has 0 saturated carbocycles. The van der Waals surface area contributed by atoms with Crippen LogP contribution in [0.25, 0.3) is 22.9 Å². The van der Waals surface area contributed by atoms with E-state index in [2.05, 4.69) is 49.4 Å². The summed E-state index contributed by atoms with van der Waals surface area (Å²) in [6.07, 6.45) is 7.08. The lowest BCUT2D eigenvalue weighted by Crippen LogP contribution is -2.26. The molecule has 0 spiro atoms. The van der Waals surface area contributed by atoms with Crippen molar-refractivity contribution in [3.63, 3.8) is 0 Å². The van der Waals surface area contributed by atoms with Gasteiger partial charge in [0.1, 0.15) is 0 Å². The highest BCUT2D eigenvalue weighted by Crippen LogP contribution is 2.11. The molecule has 0 atom stereocenters. The zero-order valence-electron chi connectivity index (χ0n) is 11.0. The maximum absolute atomic E-state index is 2.37. The van der Waals surface area contributed by atoms with Crippen LogP contribution in [0.5, 0.6) is 0 Å². The minimum Gasteiger partial charge on any atom is -0.0763 e. The molecule has 3 rings (SSSR count). The zero-order chi connectivity index (χ0) is 12.3. The second kappa shape index (κ2) is 5.18. The third-order valence-electron chi connectivity index (χ3n) is 3.13. The van der Waals surface area contributed by atoms with Crippen molar-refractivity contribution in [1.29, 1.82) is 0 Å². The quantitative estimate of drug-likeness (QED) is 0.642. The SMILES string of the molecule is CC.Cc1ccc2c3c(ccc2c1)=CCCC=3. The average molecular weight is 224 g/mol.